The summed E-state index contributed by atoms with van der Waals surface area (Å²) in [6.07, 6.45) is 0. The Kier molecular flexibility index (Phi) is 5.00. The molecular formula is C20H15N5O3. The third kappa shape index (κ3) is 3.78. The second kappa shape index (κ2) is 7.55. The van der Waals surface area contributed by atoms with Gasteiger partial charge in [0.05, 0.1) is 10.6 Å². The Labute approximate surface area is 160 Å². The van der Waals surface area contributed by atoms with Crippen LogP contribution in [-0.2, 0) is 4.79 Å². The molecule has 0 aliphatic heterocycles. The van der Waals surface area contributed by atoms with Crippen LogP contribution in [0.2, 0.25) is 0 Å². The maximum atomic E-state index is 11.2. The second-order valence-corrected chi connectivity index (χ2v) is 5.99. The van der Waals surface area contributed by atoms with Crippen molar-refractivity contribution in [2.45, 2.75) is 6.92 Å². The highest BCUT2D eigenvalue weighted by molar-refractivity contribution is 5.89. The Balaban J connectivity index is 2.11. The first-order valence-corrected chi connectivity index (χ1v) is 8.22. The van der Waals surface area contributed by atoms with Crippen molar-refractivity contribution in [2.24, 2.45) is 0 Å². The lowest BCUT2D eigenvalue weighted by Gasteiger charge is -2.11. The normalized spacial score (nSPS) is 10.1. The van der Waals surface area contributed by atoms with E-state index < -0.39 is 4.92 Å². The highest BCUT2D eigenvalue weighted by Crippen LogP contribution is 2.32. The predicted octanol–water partition coefficient (Wildman–Crippen LogP) is 3.74. The molecule has 0 saturated heterocycles. The van der Waals surface area contributed by atoms with Gasteiger partial charge in [0.15, 0.2) is 0 Å². The van der Waals surface area contributed by atoms with Crippen LogP contribution in [0.4, 0.5) is 17.2 Å². The van der Waals surface area contributed by atoms with Gasteiger partial charge in [-0.25, -0.2) is 4.98 Å². The molecule has 3 aromatic rings. The number of aromatic nitrogens is 1. The summed E-state index contributed by atoms with van der Waals surface area (Å²) in [5.41, 5.74) is 8.92. The van der Waals surface area contributed by atoms with Gasteiger partial charge in [0.25, 0.3) is 5.69 Å². The quantitative estimate of drug-likeness (QED) is 0.528. The number of anilines is 2. The predicted molar refractivity (Wildman–Crippen MR) is 105 cm³/mol. The van der Waals surface area contributed by atoms with E-state index in [1.54, 1.807) is 42.5 Å². The van der Waals surface area contributed by atoms with Crippen molar-refractivity contribution < 1.29 is 9.72 Å². The van der Waals surface area contributed by atoms with E-state index in [1.807, 2.05) is 0 Å². The zero-order valence-corrected chi connectivity index (χ0v) is 14.8. The Hall–Kier alpha value is -4.25. The molecule has 2 aromatic carbocycles. The van der Waals surface area contributed by atoms with Crippen LogP contribution < -0.4 is 11.1 Å². The van der Waals surface area contributed by atoms with E-state index in [2.05, 4.69) is 16.4 Å². The van der Waals surface area contributed by atoms with Gasteiger partial charge in [-0.15, -0.1) is 0 Å². The first-order chi connectivity index (χ1) is 13.4. The molecule has 0 atom stereocenters. The van der Waals surface area contributed by atoms with Crippen LogP contribution >= 0.6 is 0 Å². The first kappa shape index (κ1) is 18.5. The van der Waals surface area contributed by atoms with E-state index in [4.69, 9.17) is 5.73 Å². The molecule has 3 N–H and O–H groups in total. The third-order valence-corrected chi connectivity index (χ3v) is 4.03. The number of nitrogens with one attached hydrogen (secondary N) is 1. The van der Waals surface area contributed by atoms with Gasteiger partial charge in [0.1, 0.15) is 17.5 Å². The van der Waals surface area contributed by atoms with Gasteiger partial charge in [-0.05, 0) is 23.8 Å². The van der Waals surface area contributed by atoms with Gasteiger partial charge in [-0.1, -0.05) is 24.3 Å². The highest BCUT2D eigenvalue weighted by Gasteiger charge is 2.15. The minimum Gasteiger partial charge on any atom is -0.383 e. The molecule has 0 fully saturated rings. The average molecular weight is 373 g/mol. The number of carbonyl (C=O) groups excluding carboxylic acids is 1. The number of nitrogens with zero attached hydrogens (tertiary/aromatic N) is 3. The van der Waals surface area contributed by atoms with Crippen LogP contribution in [0.15, 0.2) is 54.6 Å². The molecule has 0 aliphatic carbocycles. The number of non-ortho nitro benzene ring substituents is 1. The number of rotatable bonds is 4. The third-order valence-electron chi connectivity index (χ3n) is 4.03. The summed E-state index contributed by atoms with van der Waals surface area (Å²) in [6, 6.07) is 16.7. The minimum atomic E-state index is -0.488. The topological polar surface area (TPSA) is 135 Å². The number of amides is 1. The lowest BCUT2D eigenvalue weighted by molar-refractivity contribution is -0.384. The monoisotopic (exact) mass is 373 g/mol. The molecule has 0 unspecified atom stereocenters. The molecule has 3 rings (SSSR count). The molecule has 0 saturated carbocycles. The van der Waals surface area contributed by atoms with Gasteiger partial charge < -0.3 is 11.1 Å². The molecule has 28 heavy (non-hydrogen) atoms. The maximum absolute atomic E-state index is 11.2. The molecule has 138 valence electrons. The molecule has 8 nitrogen and oxygen atoms in total. The fourth-order valence-corrected chi connectivity index (χ4v) is 2.77. The van der Waals surface area contributed by atoms with Crippen molar-refractivity contribution in [3.05, 3.63) is 70.3 Å². The number of hydrogen-bond acceptors (Lipinski definition) is 6. The summed E-state index contributed by atoms with van der Waals surface area (Å²) in [5, 5.41) is 23.2. The molecule has 1 amide bonds. The molecule has 0 radical (unpaired) electrons. The number of carbonyl (C=O) groups is 1. The fourth-order valence-electron chi connectivity index (χ4n) is 2.77. The largest absolute Gasteiger partial charge is 0.383 e. The summed E-state index contributed by atoms with van der Waals surface area (Å²) in [7, 11) is 0. The summed E-state index contributed by atoms with van der Waals surface area (Å²) in [5.74, 6) is -0.154. The van der Waals surface area contributed by atoms with Crippen molar-refractivity contribution in [1.29, 1.82) is 5.26 Å². The van der Waals surface area contributed by atoms with Crippen molar-refractivity contribution in [3.63, 3.8) is 0 Å². The molecule has 0 bridgehead atoms. The number of nitro groups is 1. The number of nitro benzene ring substituents is 1. The van der Waals surface area contributed by atoms with Crippen LogP contribution in [0.1, 0.15) is 12.5 Å². The van der Waals surface area contributed by atoms with E-state index in [-0.39, 0.29) is 23.0 Å². The molecule has 1 heterocycles. The van der Waals surface area contributed by atoms with Crippen LogP contribution in [0.3, 0.4) is 0 Å². The van der Waals surface area contributed by atoms with Crippen LogP contribution in [0.25, 0.3) is 22.4 Å². The van der Waals surface area contributed by atoms with Crippen molar-refractivity contribution in [3.8, 4) is 28.5 Å². The summed E-state index contributed by atoms with van der Waals surface area (Å²) in [4.78, 5) is 25.9. The molecule has 1 aromatic heterocycles. The van der Waals surface area contributed by atoms with Crippen LogP contribution in [0.5, 0.6) is 0 Å². The lowest BCUT2D eigenvalue weighted by Crippen LogP contribution is -2.05. The number of nitrogen functional groups attached to an aromatic ring is 1. The van der Waals surface area contributed by atoms with Gasteiger partial charge in [-0.2, -0.15) is 5.26 Å². The second-order valence-electron chi connectivity index (χ2n) is 5.99. The van der Waals surface area contributed by atoms with Gasteiger partial charge in [0, 0.05) is 35.9 Å². The van der Waals surface area contributed by atoms with Gasteiger partial charge in [0.2, 0.25) is 5.91 Å². The summed E-state index contributed by atoms with van der Waals surface area (Å²) in [6.45, 7) is 1.41. The van der Waals surface area contributed by atoms with Gasteiger partial charge >= 0.3 is 0 Å². The summed E-state index contributed by atoms with van der Waals surface area (Å²) >= 11 is 0. The van der Waals surface area contributed by atoms with Gasteiger partial charge in [-0.3, -0.25) is 14.9 Å². The average Bonchev–Trinajstić information content (AvgIpc) is 2.67. The number of nitriles is 1. The van der Waals surface area contributed by atoms with Crippen molar-refractivity contribution in [1.82, 2.24) is 4.98 Å². The molecule has 0 aliphatic rings. The SMILES string of the molecule is CC(=O)Nc1ccc(-c2cc(-c3cccc([N+](=O)[O-])c3)nc(N)c2C#N)cc1. The first-order valence-electron chi connectivity index (χ1n) is 8.22. The highest BCUT2D eigenvalue weighted by atomic mass is 16.6. The molecular weight excluding hydrogens is 358 g/mol. The maximum Gasteiger partial charge on any atom is 0.270 e. The number of pyridine rings is 1. The van der Waals surface area contributed by atoms with Crippen molar-refractivity contribution >= 4 is 23.1 Å². The Morgan fingerprint density at radius 1 is 1.18 bits per heavy atom. The zero-order valence-electron chi connectivity index (χ0n) is 14.8. The van der Waals surface area contributed by atoms with E-state index >= 15 is 0 Å². The zero-order chi connectivity index (χ0) is 20.3. The number of nitrogens with two attached hydrogens (primary N) is 1. The van der Waals surface area contributed by atoms with Crippen LogP contribution in [-0.4, -0.2) is 15.8 Å². The lowest BCUT2D eigenvalue weighted by atomic mass is 9.98. The van der Waals surface area contributed by atoms with Crippen LogP contribution in [0, 0.1) is 21.4 Å². The Morgan fingerprint density at radius 3 is 2.50 bits per heavy atom. The van der Waals surface area contributed by atoms with E-state index in [0.29, 0.717) is 28.1 Å². The smallest absolute Gasteiger partial charge is 0.270 e. The fraction of sp³-hybridized carbons (Fsp3) is 0.0500. The standard InChI is InChI=1S/C20H15N5O3/c1-12(26)23-15-7-5-13(6-8-15)17-10-19(24-20(22)18(17)11-21)14-3-2-4-16(9-14)25(27)28/h2-10H,1H3,(H2,22,24)(H,23,26). The Bertz CT molecular complexity index is 1120. The van der Waals surface area contributed by atoms with E-state index in [1.165, 1.54) is 19.1 Å². The number of hydrogen-bond donors (Lipinski definition) is 2. The summed E-state index contributed by atoms with van der Waals surface area (Å²) < 4.78 is 0. The molecule has 8 heteroatoms. The number of benzene rings is 2. The molecule has 0 spiro atoms. The van der Waals surface area contributed by atoms with E-state index in [0.717, 1.165) is 0 Å². The van der Waals surface area contributed by atoms with Crippen molar-refractivity contribution in [2.75, 3.05) is 11.1 Å². The Morgan fingerprint density at radius 2 is 1.89 bits per heavy atom. The minimum absolute atomic E-state index is 0.0347. The van der Waals surface area contributed by atoms with E-state index in [9.17, 15) is 20.2 Å².